The van der Waals surface area contributed by atoms with Crippen molar-refractivity contribution < 1.29 is 4.39 Å². The Hall–Kier alpha value is -0.610. The Labute approximate surface area is 123 Å². The lowest BCUT2D eigenvalue weighted by Gasteiger charge is -2.45. The Bertz CT molecular complexity index is 436. The van der Waals surface area contributed by atoms with Gasteiger partial charge in [-0.15, -0.1) is 0 Å². The standard InChI is InChI=1S/C15H22BrFN2/c1-10-8-18-13(15(2,3)4)9-19(10)14-11(16)6-5-7-12(14)17/h5-7,10,13,18H,8-9H2,1-4H3. The lowest BCUT2D eigenvalue weighted by atomic mass is 9.84. The van der Waals surface area contributed by atoms with E-state index in [1.807, 2.05) is 6.07 Å². The minimum atomic E-state index is -0.157. The van der Waals surface area contributed by atoms with Crippen LogP contribution < -0.4 is 10.2 Å². The molecule has 0 amide bonds. The predicted molar refractivity (Wildman–Crippen MR) is 82.2 cm³/mol. The molecule has 1 aliphatic rings. The third-order valence-electron chi connectivity index (χ3n) is 3.84. The van der Waals surface area contributed by atoms with Crippen molar-refractivity contribution in [1.29, 1.82) is 0 Å². The first kappa shape index (κ1) is 14.8. The van der Waals surface area contributed by atoms with E-state index in [0.29, 0.717) is 11.7 Å². The maximum absolute atomic E-state index is 14.1. The van der Waals surface area contributed by atoms with E-state index in [2.05, 4.69) is 53.8 Å². The normalized spacial score (nSPS) is 24.6. The van der Waals surface area contributed by atoms with Crippen molar-refractivity contribution in [3.63, 3.8) is 0 Å². The van der Waals surface area contributed by atoms with Crippen molar-refractivity contribution in [3.8, 4) is 0 Å². The molecule has 1 aliphatic heterocycles. The Kier molecular flexibility index (Phi) is 4.21. The predicted octanol–water partition coefficient (Wildman–Crippen LogP) is 3.80. The number of anilines is 1. The zero-order chi connectivity index (χ0) is 14.2. The molecule has 1 heterocycles. The molecule has 0 saturated carbocycles. The lowest BCUT2D eigenvalue weighted by molar-refractivity contribution is 0.238. The summed E-state index contributed by atoms with van der Waals surface area (Å²) >= 11 is 3.48. The molecule has 1 fully saturated rings. The largest absolute Gasteiger partial charge is 0.363 e. The Morgan fingerprint density at radius 3 is 2.63 bits per heavy atom. The molecular formula is C15H22BrFN2. The number of nitrogens with zero attached hydrogens (tertiary/aromatic N) is 1. The van der Waals surface area contributed by atoms with Crippen LogP contribution in [0, 0.1) is 11.2 Å². The second-order valence-corrected chi connectivity index (χ2v) is 7.25. The monoisotopic (exact) mass is 328 g/mol. The van der Waals surface area contributed by atoms with Crippen LogP contribution in [0.4, 0.5) is 10.1 Å². The molecule has 2 atom stereocenters. The van der Waals surface area contributed by atoms with Crippen molar-refractivity contribution in [2.75, 3.05) is 18.0 Å². The quantitative estimate of drug-likeness (QED) is 0.843. The molecule has 0 aromatic heterocycles. The van der Waals surface area contributed by atoms with Gasteiger partial charge in [-0.1, -0.05) is 26.8 Å². The molecule has 2 rings (SSSR count). The number of hydrogen-bond acceptors (Lipinski definition) is 2. The molecule has 1 N–H and O–H groups in total. The third-order valence-corrected chi connectivity index (χ3v) is 4.48. The summed E-state index contributed by atoms with van der Waals surface area (Å²) in [6.07, 6.45) is 0. The van der Waals surface area contributed by atoms with Gasteiger partial charge in [0.1, 0.15) is 5.82 Å². The van der Waals surface area contributed by atoms with Crippen LogP contribution in [0.15, 0.2) is 22.7 Å². The summed E-state index contributed by atoms with van der Waals surface area (Å²) in [5, 5.41) is 3.57. The van der Waals surface area contributed by atoms with Crippen LogP contribution in [0.2, 0.25) is 0 Å². The van der Waals surface area contributed by atoms with Crippen LogP contribution >= 0.6 is 15.9 Å². The van der Waals surface area contributed by atoms with E-state index in [9.17, 15) is 4.39 Å². The fourth-order valence-corrected chi connectivity index (χ4v) is 3.09. The smallest absolute Gasteiger partial charge is 0.147 e. The number of hydrogen-bond donors (Lipinski definition) is 1. The second kappa shape index (κ2) is 5.41. The van der Waals surface area contributed by atoms with E-state index in [0.717, 1.165) is 17.6 Å². The third kappa shape index (κ3) is 3.11. The fourth-order valence-electron chi connectivity index (χ4n) is 2.52. The molecule has 2 unspecified atom stereocenters. The molecule has 106 valence electrons. The second-order valence-electron chi connectivity index (χ2n) is 6.40. The highest BCUT2D eigenvalue weighted by Gasteiger charge is 2.34. The van der Waals surface area contributed by atoms with E-state index in [4.69, 9.17) is 0 Å². The highest BCUT2D eigenvalue weighted by molar-refractivity contribution is 9.10. The van der Waals surface area contributed by atoms with Crippen LogP contribution in [0.5, 0.6) is 0 Å². The highest BCUT2D eigenvalue weighted by atomic mass is 79.9. The van der Waals surface area contributed by atoms with Crippen molar-refractivity contribution in [1.82, 2.24) is 5.32 Å². The summed E-state index contributed by atoms with van der Waals surface area (Å²) in [6, 6.07) is 5.80. The van der Waals surface area contributed by atoms with E-state index >= 15 is 0 Å². The lowest BCUT2D eigenvalue weighted by Crippen LogP contribution is -2.60. The van der Waals surface area contributed by atoms with E-state index in [-0.39, 0.29) is 17.3 Å². The molecule has 0 spiro atoms. The van der Waals surface area contributed by atoms with Crippen molar-refractivity contribution in [2.24, 2.45) is 5.41 Å². The fraction of sp³-hybridized carbons (Fsp3) is 0.600. The van der Waals surface area contributed by atoms with Crippen LogP contribution in [0.3, 0.4) is 0 Å². The van der Waals surface area contributed by atoms with E-state index in [1.54, 1.807) is 6.07 Å². The van der Waals surface area contributed by atoms with Gasteiger partial charge in [0, 0.05) is 29.6 Å². The van der Waals surface area contributed by atoms with Gasteiger partial charge in [-0.2, -0.15) is 0 Å². The Morgan fingerprint density at radius 1 is 1.37 bits per heavy atom. The number of para-hydroxylation sites is 1. The van der Waals surface area contributed by atoms with Gasteiger partial charge in [-0.3, -0.25) is 0 Å². The Morgan fingerprint density at radius 2 is 2.05 bits per heavy atom. The molecule has 1 aromatic carbocycles. The molecule has 1 aromatic rings. The molecular weight excluding hydrogens is 307 g/mol. The van der Waals surface area contributed by atoms with Gasteiger partial charge < -0.3 is 10.2 Å². The van der Waals surface area contributed by atoms with Crippen LogP contribution in [0.1, 0.15) is 27.7 Å². The minimum Gasteiger partial charge on any atom is -0.363 e. The maximum Gasteiger partial charge on any atom is 0.147 e. The SMILES string of the molecule is CC1CNC(C(C)(C)C)CN1c1c(F)cccc1Br. The molecule has 0 radical (unpaired) electrons. The molecule has 0 aliphatic carbocycles. The summed E-state index contributed by atoms with van der Waals surface area (Å²) in [7, 11) is 0. The first-order chi connectivity index (χ1) is 8.80. The van der Waals surface area contributed by atoms with Gasteiger partial charge in [0.05, 0.1) is 5.69 Å². The number of halogens is 2. The molecule has 19 heavy (non-hydrogen) atoms. The van der Waals surface area contributed by atoms with Gasteiger partial charge in [-0.25, -0.2) is 4.39 Å². The van der Waals surface area contributed by atoms with Crippen LogP contribution in [-0.2, 0) is 0 Å². The van der Waals surface area contributed by atoms with Crippen molar-refractivity contribution in [2.45, 2.75) is 39.8 Å². The molecule has 1 saturated heterocycles. The zero-order valence-corrected chi connectivity index (χ0v) is 13.6. The number of rotatable bonds is 1. The van der Waals surface area contributed by atoms with Gasteiger partial charge in [-0.05, 0) is 40.4 Å². The molecule has 2 nitrogen and oxygen atoms in total. The van der Waals surface area contributed by atoms with E-state index in [1.165, 1.54) is 6.07 Å². The first-order valence-electron chi connectivity index (χ1n) is 6.74. The summed E-state index contributed by atoms with van der Waals surface area (Å²) in [5.74, 6) is -0.157. The molecule has 0 bridgehead atoms. The minimum absolute atomic E-state index is 0.157. The summed E-state index contributed by atoms with van der Waals surface area (Å²) in [5.41, 5.74) is 0.849. The topological polar surface area (TPSA) is 15.3 Å². The summed E-state index contributed by atoms with van der Waals surface area (Å²) in [6.45, 7) is 10.5. The zero-order valence-electron chi connectivity index (χ0n) is 12.0. The number of nitrogens with one attached hydrogen (secondary N) is 1. The van der Waals surface area contributed by atoms with Crippen molar-refractivity contribution >= 4 is 21.6 Å². The van der Waals surface area contributed by atoms with Gasteiger partial charge in [0.15, 0.2) is 0 Å². The maximum atomic E-state index is 14.1. The van der Waals surface area contributed by atoms with Gasteiger partial charge >= 0.3 is 0 Å². The van der Waals surface area contributed by atoms with Crippen LogP contribution in [-0.4, -0.2) is 25.2 Å². The average Bonchev–Trinajstić information content (AvgIpc) is 2.29. The van der Waals surface area contributed by atoms with E-state index < -0.39 is 0 Å². The number of benzene rings is 1. The summed E-state index contributed by atoms with van der Waals surface area (Å²) < 4.78 is 15.0. The summed E-state index contributed by atoms with van der Waals surface area (Å²) in [4.78, 5) is 2.17. The van der Waals surface area contributed by atoms with Crippen molar-refractivity contribution in [3.05, 3.63) is 28.5 Å². The van der Waals surface area contributed by atoms with Gasteiger partial charge in [0.2, 0.25) is 0 Å². The first-order valence-corrected chi connectivity index (χ1v) is 7.54. The van der Waals surface area contributed by atoms with Crippen LogP contribution in [0.25, 0.3) is 0 Å². The average molecular weight is 329 g/mol. The highest BCUT2D eigenvalue weighted by Crippen LogP contribution is 2.33. The molecule has 4 heteroatoms. The van der Waals surface area contributed by atoms with Gasteiger partial charge in [0.25, 0.3) is 0 Å². The number of piperazine rings is 1. The Balaban J connectivity index is 2.32.